The molecule has 1 heterocycles. The van der Waals surface area contributed by atoms with Gasteiger partial charge in [0.1, 0.15) is 0 Å². The number of carbonyl (C=O) groups excluding carboxylic acids is 1. The minimum atomic E-state index is -0.0833. The molecule has 0 spiro atoms. The number of esters is 1. The van der Waals surface area contributed by atoms with Crippen molar-refractivity contribution in [2.24, 2.45) is 5.92 Å². The van der Waals surface area contributed by atoms with E-state index < -0.39 is 0 Å². The Balaban J connectivity index is 2.32. The quantitative estimate of drug-likeness (QED) is 0.497. The summed E-state index contributed by atoms with van der Waals surface area (Å²) in [6.07, 6.45) is 0.923. The smallest absolute Gasteiger partial charge is 0.309 e. The van der Waals surface area contributed by atoms with Crippen molar-refractivity contribution in [1.29, 1.82) is 0 Å². The molecule has 1 fully saturated rings. The molecule has 0 unspecified atom stereocenters. The second-order valence-corrected chi connectivity index (χ2v) is 2.21. The minimum Gasteiger partial charge on any atom is -0.469 e. The number of hydrogen-bond acceptors (Lipinski definition) is 3. The van der Waals surface area contributed by atoms with Crippen molar-refractivity contribution in [2.75, 3.05) is 20.2 Å². The van der Waals surface area contributed by atoms with Gasteiger partial charge in [0.2, 0.25) is 0 Å². The van der Waals surface area contributed by atoms with Gasteiger partial charge in [0.25, 0.3) is 0 Å². The Labute approximate surface area is 54.4 Å². The molecule has 52 valence electrons. The fraction of sp³-hybridized carbons (Fsp3) is 0.833. The van der Waals surface area contributed by atoms with E-state index in [0.717, 1.165) is 19.5 Å². The third kappa shape index (κ3) is 1.42. The highest BCUT2D eigenvalue weighted by Crippen LogP contribution is 2.07. The molecule has 1 aliphatic heterocycles. The highest BCUT2D eigenvalue weighted by Gasteiger charge is 2.22. The largest absolute Gasteiger partial charge is 0.469 e. The van der Waals surface area contributed by atoms with E-state index in [1.807, 2.05) is 0 Å². The Morgan fingerprint density at radius 2 is 2.56 bits per heavy atom. The molecule has 1 N–H and O–H groups in total. The molecule has 0 radical (unpaired) electrons. The zero-order valence-corrected chi connectivity index (χ0v) is 5.52. The summed E-state index contributed by atoms with van der Waals surface area (Å²) in [4.78, 5) is 10.8. The molecule has 1 rings (SSSR count). The summed E-state index contributed by atoms with van der Waals surface area (Å²) >= 11 is 0. The number of rotatable bonds is 1. The van der Waals surface area contributed by atoms with Gasteiger partial charge in [-0.25, -0.2) is 0 Å². The molecule has 0 aromatic carbocycles. The van der Waals surface area contributed by atoms with E-state index in [-0.39, 0.29) is 11.9 Å². The van der Waals surface area contributed by atoms with Gasteiger partial charge < -0.3 is 10.1 Å². The first kappa shape index (κ1) is 6.55. The highest BCUT2D eigenvalue weighted by molar-refractivity contribution is 5.72. The zero-order chi connectivity index (χ0) is 6.69. The molecule has 1 aliphatic rings. The van der Waals surface area contributed by atoms with Crippen molar-refractivity contribution in [3.63, 3.8) is 0 Å². The monoisotopic (exact) mass is 129 g/mol. The third-order valence-electron chi connectivity index (χ3n) is 1.59. The van der Waals surface area contributed by atoms with Gasteiger partial charge in [-0.1, -0.05) is 0 Å². The number of nitrogens with one attached hydrogen (secondary N) is 1. The van der Waals surface area contributed by atoms with Crippen LogP contribution < -0.4 is 5.32 Å². The number of carbonyl (C=O) groups is 1. The molecule has 0 saturated carbocycles. The van der Waals surface area contributed by atoms with Gasteiger partial charge in [-0.2, -0.15) is 0 Å². The second kappa shape index (κ2) is 2.82. The minimum absolute atomic E-state index is 0.0833. The van der Waals surface area contributed by atoms with Gasteiger partial charge in [-0.05, 0) is 13.0 Å². The van der Waals surface area contributed by atoms with Gasteiger partial charge in [0.15, 0.2) is 0 Å². The number of hydrogen-bond donors (Lipinski definition) is 1. The predicted octanol–water partition coefficient (Wildman–Crippen LogP) is -0.231. The van der Waals surface area contributed by atoms with Crippen LogP contribution in [0.3, 0.4) is 0 Å². The fourth-order valence-corrected chi connectivity index (χ4v) is 1.02. The van der Waals surface area contributed by atoms with Crippen LogP contribution in [0.4, 0.5) is 0 Å². The van der Waals surface area contributed by atoms with Crippen molar-refractivity contribution in [3.8, 4) is 0 Å². The number of ether oxygens (including phenoxy) is 1. The maximum Gasteiger partial charge on any atom is 0.309 e. The maximum absolute atomic E-state index is 10.8. The standard InChI is InChI=1S/C6H11NO2/c1-9-6(8)5-2-3-7-4-5/h5,7H,2-4H2,1H3/t5-/m0/s1. The maximum atomic E-state index is 10.8. The molecule has 9 heavy (non-hydrogen) atoms. The molecule has 3 nitrogen and oxygen atoms in total. The Bertz CT molecular complexity index is 108. The van der Waals surface area contributed by atoms with Crippen molar-refractivity contribution < 1.29 is 9.53 Å². The van der Waals surface area contributed by atoms with Crippen LogP contribution in [-0.2, 0) is 9.53 Å². The second-order valence-electron chi connectivity index (χ2n) is 2.21. The van der Waals surface area contributed by atoms with E-state index in [0.29, 0.717) is 0 Å². The first-order valence-corrected chi connectivity index (χ1v) is 3.13. The summed E-state index contributed by atoms with van der Waals surface area (Å²) in [6, 6.07) is 0. The van der Waals surface area contributed by atoms with Crippen LogP contribution in [0.5, 0.6) is 0 Å². The normalized spacial score (nSPS) is 26.1. The highest BCUT2D eigenvalue weighted by atomic mass is 16.5. The lowest BCUT2D eigenvalue weighted by atomic mass is 10.1. The van der Waals surface area contributed by atoms with Gasteiger partial charge in [-0.3, -0.25) is 4.79 Å². The van der Waals surface area contributed by atoms with Crippen LogP contribution in [-0.4, -0.2) is 26.2 Å². The first-order valence-electron chi connectivity index (χ1n) is 3.13. The SMILES string of the molecule is COC(=O)[C@H]1CCNC1. The molecule has 0 aliphatic carbocycles. The third-order valence-corrected chi connectivity index (χ3v) is 1.59. The lowest BCUT2D eigenvalue weighted by molar-refractivity contribution is -0.144. The van der Waals surface area contributed by atoms with E-state index in [1.54, 1.807) is 0 Å². The van der Waals surface area contributed by atoms with Crippen LogP contribution in [0.1, 0.15) is 6.42 Å². The average Bonchev–Trinajstić information content (AvgIpc) is 2.37. The van der Waals surface area contributed by atoms with Crippen molar-refractivity contribution in [1.82, 2.24) is 5.32 Å². The zero-order valence-electron chi connectivity index (χ0n) is 5.52. The molecular formula is C6H11NO2. The van der Waals surface area contributed by atoms with Crippen molar-refractivity contribution >= 4 is 5.97 Å². The van der Waals surface area contributed by atoms with Crippen molar-refractivity contribution in [2.45, 2.75) is 6.42 Å². The molecule has 3 heteroatoms. The molecule has 0 bridgehead atoms. The summed E-state index contributed by atoms with van der Waals surface area (Å²) < 4.78 is 4.56. The number of methoxy groups -OCH3 is 1. The van der Waals surface area contributed by atoms with Crippen LogP contribution in [0.15, 0.2) is 0 Å². The first-order chi connectivity index (χ1) is 4.34. The summed E-state index contributed by atoms with van der Waals surface area (Å²) in [5, 5.41) is 3.09. The summed E-state index contributed by atoms with van der Waals surface area (Å²) in [7, 11) is 1.43. The van der Waals surface area contributed by atoms with Crippen LogP contribution in [0.25, 0.3) is 0 Å². The van der Waals surface area contributed by atoms with Crippen LogP contribution in [0, 0.1) is 5.92 Å². The van der Waals surface area contributed by atoms with Gasteiger partial charge >= 0.3 is 5.97 Å². The molecule has 0 aromatic rings. The van der Waals surface area contributed by atoms with E-state index in [1.165, 1.54) is 7.11 Å². The topological polar surface area (TPSA) is 38.3 Å². The molecule has 1 saturated heterocycles. The van der Waals surface area contributed by atoms with E-state index in [2.05, 4.69) is 10.1 Å². The van der Waals surface area contributed by atoms with Gasteiger partial charge in [-0.15, -0.1) is 0 Å². The van der Waals surface area contributed by atoms with Crippen molar-refractivity contribution in [3.05, 3.63) is 0 Å². The van der Waals surface area contributed by atoms with E-state index >= 15 is 0 Å². The molecule has 0 amide bonds. The van der Waals surface area contributed by atoms with Gasteiger partial charge in [0, 0.05) is 6.54 Å². The average molecular weight is 129 g/mol. The summed E-state index contributed by atoms with van der Waals surface area (Å²) in [5.41, 5.74) is 0. The Hall–Kier alpha value is -0.570. The molecule has 0 aromatic heterocycles. The van der Waals surface area contributed by atoms with Crippen LogP contribution >= 0.6 is 0 Å². The fourth-order valence-electron chi connectivity index (χ4n) is 1.02. The molecule has 1 atom stereocenters. The molecular weight excluding hydrogens is 118 g/mol. The summed E-state index contributed by atoms with van der Waals surface area (Å²) in [5.74, 6) is 0.0231. The Kier molecular flexibility index (Phi) is 2.05. The van der Waals surface area contributed by atoms with Gasteiger partial charge in [0.05, 0.1) is 13.0 Å². The lowest BCUT2D eigenvalue weighted by Crippen LogP contribution is -2.18. The lowest BCUT2D eigenvalue weighted by Gasteiger charge is -2.02. The summed E-state index contributed by atoms with van der Waals surface area (Å²) in [6.45, 7) is 1.73. The van der Waals surface area contributed by atoms with Crippen LogP contribution in [0.2, 0.25) is 0 Å². The Morgan fingerprint density at radius 3 is 3.00 bits per heavy atom. The van der Waals surface area contributed by atoms with E-state index in [9.17, 15) is 4.79 Å². The Morgan fingerprint density at radius 1 is 1.78 bits per heavy atom. The van der Waals surface area contributed by atoms with E-state index in [4.69, 9.17) is 0 Å². The predicted molar refractivity (Wildman–Crippen MR) is 33.0 cm³/mol.